The van der Waals surface area contributed by atoms with Crippen LogP contribution in [0.2, 0.25) is 0 Å². The van der Waals surface area contributed by atoms with E-state index in [9.17, 15) is 4.79 Å². The number of carbonyl (C=O) groups is 1. The molecule has 0 bridgehead atoms. The lowest BCUT2D eigenvalue weighted by Crippen LogP contribution is -2.44. The largest absolute Gasteiger partial charge is 0.345 e. The first-order valence-electron chi connectivity index (χ1n) is 4.01. The fourth-order valence-corrected chi connectivity index (χ4v) is 0.695. The zero-order chi connectivity index (χ0) is 9.02. The molecule has 0 rings (SSSR count). The fourth-order valence-electron chi connectivity index (χ4n) is 0.695. The number of nitrogens with two attached hydrogens (primary N) is 1. The van der Waals surface area contributed by atoms with Crippen LogP contribution in [0, 0.1) is 5.92 Å². The summed E-state index contributed by atoms with van der Waals surface area (Å²) in [5.74, 6) is 0.249. The van der Waals surface area contributed by atoms with Crippen LogP contribution in [0.15, 0.2) is 0 Å². The highest BCUT2D eigenvalue weighted by atomic mass is 16.2. The molecule has 11 heavy (non-hydrogen) atoms. The van der Waals surface area contributed by atoms with Crippen molar-refractivity contribution in [2.24, 2.45) is 11.7 Å². The fraction of sp³-hybridized carbons (Fsp3) is 0.875. The minimum absolute atomic E-state index is 0.0301. The highest BCUT2D eigenvalue weighted by Gasteiger charge is 2.19. The molecule has 1 atom stereocenters. The van der Waals surface area contributed by atoms with E-state index in [4.69, 9.17) is 5.73 Å². The first kappa shape index (κ1) is 10.4. The Morgan fingerprint density at radius 2 is 2.00 bits per heavy atom. The number of carbonyl (C=O) groups excluding carboxylic acids is 1. The Kier molecular flexibility index (Phi) is 4.11. The average molecular weight is 158 g/mol. The van der Waals surface area contributed by atoms with Gasteiger partial charge in [-0.1, -0.05) is 13.8 Å². The summed E-state index contributed by atoms with van der Waals surface area (Å²) in [4.78, 5) is 13.0. The molecule has 2 N–H and O–H groups in total. The van der Waals surface area contributed by atoms with Gasteiger partial charge in [0, 0.05) is 13.6 Å². The van der Waals surface area contributed by atoms with Crippen molar-refractivity contribution in [1.29, 1.82) is 0 Å². The van der Waals surface area contributed by atoms with E-state index in [1.165, 1.54) is 0 Å². The molecule has 0 aliphatic heterocycles. The van der Waals surface area contributed by atoms with E-state index in [0.717, 1.165) is 6.54 Å². The molecule has 0 aliphatic carbocycles. The highest BCUT2D eigenvalue weighted by molar-refractivity contribution is 5.81. The molecule has 0 saturated heterocycles. The van der Waals surface area contributed by atoms with Crippen molar-refractivity contribution in [2.45, 2.75) is 26.8 Å². The van der Waals surface area contributed by atoms with Crippen LogP contribution >= 0.6 is 0 Å². The van der Waals surface area contributed by atoms with E-state index in [-0.39, 0.29) is 17.9 Å². The molecule has 0 radical (unpaired) electrons. The summed E-state index contributed by atoms with van der Waals surface area (Å²) in [5.41, 5.74) is 5.65. The second-order valence-corrected chi connectivity index (χ2v) is 3.12. The van der Waals surface area contributed by atoms with Gasteiger partial charge in [-0.2, -0.15) is 0 Å². The van der Waals surface area contributed by atoms with Crippen LogP contribution in [-0.4, -0.2) is 30.4 Å². The third kappa shape index (κ3) is 2.89. The predicted octanol–water partition coefficient (Wildman–Crippen LogP) is 0.448. The molecule has 0 aromatic rings. The van der Waals surface area contributed by atoms with Crippen molar-refractivity contribution < 1.29 is 4.79 Å². The number of amides is 1. The van der Waals surface area contributed by atoms with E-state index in [1.807, 2.05) is 20.8 Å². The minimum Gasteiger partial charge on any atom is -0.345 e. The molecule has 0 fully saturated rings. The van der Waals surface area contributed by atoms with Gasteiger partial charge < -0.3 is 10.6 Å². The first-order chi connectivity index (χ1) is 5.00. The van der Waals surface area contributed by atoms with Gasteiger partial charge in [-0.3, -0.25) is 4.79 Å². The van der Waals surface area contributed by atoms with Gasteiger partial charge in [-0.25, -0.2) is 0 Å². The smallest absolute Gasteiger partial charge is 0.239 e. The summed E-state index contributed by atoms with van der Waals surface area (Å²) in [6.45, 7) is 6.56. The SMILES string of the molecule is CCN(C)C(=O)[C@@H](N)C(C)C. The van der Waals surface area contributed by atoms with E-state index in [0.29, 0.717) is 0 Å². The summed E-state index contributed by atoms with van der Waals surface area (Å²) in [6, 6.07) is -0.347. The number of hydrogen-bond acceptors (Lipinski definition) is 2. The standard InChI is InChI=1S/C8H18N2O/c1-5-10(4)8(11)7(9)6(2)3/h6-7H,5,9H2,1-4H3/t7-/m0/s1. The average Bonchev–Trinajstić information content (AvgIpc) is 2.00. The Labute approximate surface area is 68.6 Å². The molecule has 1 amide bonds. The minimum atomic E-state index is -0.347. The lowest BCUT2D eigenvalue weighted by molar-refractivity contribution is -0.132. The van der Waals surface area contributed by atoms with E-state index >= 15 is 0 Å². The van der Waals surface area contributed by atoms with Gasteiger partial charge in [0.25, 0.3) is 0 Å². The molecule has 0 aromatic carbocycles. The predicted molar refractivity (Wildman–Crippen MR) is 46.1 cm³/mol. The molecule has 0 aromatic heterocycles. The molecule has 3 heteroatoms. The number of likely N-dealkylation sites (N-methyl/N-ethyl adjacent to an activating group) is 1. The maximum absolute atomic E-state index is 11.3. The maximum Gasteiger partial charge on any atom is 0.239 e. The molecular formula is C8H18N2O. The zero-order valence-electron chi connectivity index (χ0n) is 7.79. The van der Waals surface area contributed by atoms with Crippen LogP contribution in [0.25, 0.3) is 0 Å². The lowest BCUT2D eigenvalue weighted by atomic mass is 10.0. The molecule has 0 heterocycles. The Morgan fingerprint density at radius 3 is 2.27 bits per heavy atom. The van der Waals surface area contributed by atoms with Crippen LogP contribution in [0.4, 0.5) is 0 Å². The molecular weight excluding hydrogens is 140 g/mol. The zero-order valence-corrected chi connectivity index (χ0v) is 7.79. The molecule has 66 valence electrons. The lowest BCUT2D eigenvalue weighted by Gasteiger charge is -2.21. The van der Waals surface area contributed by atoms with Crippen LogP contribution in [-0.2, 0) is 4.79 Å². The summed E-state index contributed by atoms with van der Waals surface area (Å²) in [6.07, 6.45) is 0. The summed E-state index contributed by atoms with van der Waals surface area (Å²) in [7, 11) is 1.77. The second-order valence-electron chi connectivity index (χ2n) is 3.12. The van der Waals surface area contributed by atoms with Crippen LogP contribution in [0.5, 0.6) is 0 Å². The summed E-state index contributed by atoms with van der Waals surface area (Å²) >= 11 is 0. The van der Waals surface area contributed by atoms with E-state index in [2.05, 4.69) is 0 Å². The van der Waals surface area contributed by atoms with Crippen molar-refractivity contribution in [3.63, 3.8) is 0 Å². The Bertz CT molecular complexity index is 134. The van der Waals surface area contributed by atoms with Crippen molar-refractivity contribution in [2.75, 3.05) is 13.6 Å². The van der Waals surface area contributed by atoms with Gasteiger partial charge in [-0.15, -0.1) is 0 Å². The highest BCUT2D eigenvalue weighted by Crippen LogP contribution is 2.01. The quantitative estimate of drug-likeness (QED) is 0.648. The summed E-state index contributed by atoms with van der Waals surface area (Å²) < 4.78 is 0. The Balaban J connectivity index is 4.02. The van der Waals surface area contributed by atoms with Crippen molar-refractivity contribution in [3.8, 4) is 0 Å². The number of rotatable bonds is 3. The second kappa shape index (κ2) is 4.34. The monoisotopic (exact) mass is 158 g/mol. The molecule has 0 aliphatic rings. The van der Waals surface area contributed by atoms with Crippen molar-refractivity contribution in [1.82, 2.24) is 4.90 Å². The van der Waals surface area contributed by atoms with Gasteiger partial charge in [-0.05, 0) is 12.8 Å². The van der Waals surface area contributed by atoms with Crippen LogP contribution in [0.1, 0.15) is 20.8 Å². The Hall–Kier alpha value is -0.570. The Morgan fingerprint density at radius 1 is 1.55 bits per heavy atom. The van der Waals surface area contributed by atoms with Gasteiger partial charge >= 0.3 is 0 Å². The molecule has 3 nitrogen and oxygen atoms in total. The van der Waals surface area contributed by atoms with Crippen LogP contribution < -0.4 is 5.73 Å². The van der Waals surface area contributed by atoms with Gasteiger partial charge in [0.15, 0.2) is 0 Å². The molecule has 0 saturated carbocycles. The topological polar surface area (TPSA) is 46.3 Å². The summed E-state index contributed by atoms with van der Waals surface area (Å²) in [5, 5.41) is 0. The third-order valence-corrected chi connectivity index (χ3v) is 1.85. The van der Waals surface area contributed by atoms with Crippen molar-refractivity contribution in [3.05, 3.63) is 0 Å². The number of nitrogens with zero attached hydrogens (tertiary/aromatic N) is 1. The van der Waals surface area contributed by atoms with Gasteiger partial charge in [0.2, 0.25) is 5.91 Å². The van der Waals surface area contributed by atoms with Gasteiger partial charge in [0.05, 0.1) is 6.04 Å². The maximum atomic E-state index is 11.3. The van der Waals surface area contributed by atoms with Gasteiger partial charge in [0.1, 0.15) is 0 Å². The van der Waals surface area contributed by atoms with E-state index < -0.39 is 0 Å². The molecule has 0 spiro atoms. The molecule has 0 unspecified atom stereocenters. The normalized spacial score (nSPS) is 13.3. The van der Waals surface area contributed by atoms with Crippen molar-refractivity contribution >= 4 is 5.91 Å². The third-order valence-electron chi connectivity index (χ3n) is 1.85. The number of hydrogen-bond donors (Lipinski definition) is 1. The van der Waals surface area contributed by atoms with Crippen LogP contribution in [0.3, 0.4) is 0 Å². The van der Waals surface area contributed by atoms with E-state index in [1.54, 1.807) is 11.9 Å². The first-order valence-corrected chi connectivity index (χ1v) is 4.01.